The van der Waals surface area contributed by atoms with Gasteiger partial charge in [0, 0.05) is 31.6 Å². The van der Waals surface area contributed by atoms with E-state index in [9.17, 15) is 8.42 Å². The molecule has 0 spiro atoms. The van der Waals surface area contributed by atoms with Crippen LogP contribution in [0, 0.1) is 20.8 Å². The SMILES string of the molecule is Cc1cc(C)c(S(=O)(=O)N2CCN(Cc3nc(-c4cccs4)cs3)CC2)c(C)c1. The lowest BCUT2D eigenvalue weighted by molar-refractivity contribution is 0.181. The summed E-state index contributed by atoms with van der Waals surface area (Å²) in [7, 11) is -3.47. The Morgan fingerprint density at radius 1 is 1.03 bits per heavy atom. The molecule has 0 unspecified atom stereocenters. The molecule has 1 aromatic carbocycles. The maximum Gasteiger partial charge on any atom is 0.243 e. The van der Waals surface area contributed by atoms with Crippen LogP contribution < -0.4 is 0 Å². The monoisotopic (exact) mass is 447 g/mol. The maximum atomic E-state index is 13.2. The summed E-state index contributed by atoms with van der Waals surface area (Å²) in [5, 5.41) is 5.24. The van der Waals surface area contributed by atoms with E-state index in [1.54, 1.807) is 27.0 Å². The molecule has 8 heteroatoms. The van der Waals surface area contributed by atoms with E-state index in [1.165, 1.54) is 4.88 Å². The molecule has 1 aliphatic heterocycles. The molecule has 29 heavy (non-hydrogen) atoms. The first-order chi connectivity index (χ1) is 13.8. The lowest BCUT2D eigenvalue weighted by Crippen LogP contribution is -2.48. The smallest absolute Gasteiger partial charge is 0.243 e. The van der Waals surface area contributed by atoms with Crippen LogP contribution in [0.2, 0.25) is 0 Å². The molecule has 1 fully saturated rings. The Kier molecular flexibility index (Phi) is 5.90. The second-order valence-electron chi connectivity index (χ2n) is 7.51. The van der Waals surface area contributed by atoms with Crippen molar-refractivity contribution < 1.29 is 8.42 Å². The zero-order valence-corrected chi connectivity index (χ0v) is 19.3. The molecule has 2 aromatic heterocycles. The van der Waals surface area contributed by atoms with Gasteiger partial charge in [-0.2, -0.15) is 4.31 Å². The number of piperazine rings is 1. The minimum Gasteiger partial charge on any atom is -0.294 e. The van der Waals surface area contributed by atoms with Crippen LogP contribution in [0.3, 0.4) is 0 Å². The second-order valence-corrected chi connectivity index (χ2v) is 11.3. The highest BCUT2D eigenvalue weighted by Crippen LogP contribution is 2.28. The number of hydrogen-bond acceptors (Lipinski definition) is 6. The van der Waals surface area contributed by atoms with E-state index in [0.717, 1.165) is 47.0 Å². The van der Waals surface area contributed by atoms with E-state index in [2.05, 4.69) is 21.7 Å². The fourth-order valence-electron chi connectivity index (χ4n) is 3.94. The molecule has 0 atom stereocenters. The number of aromatic nitrogens is 1. The highest BCUT2D eigenvalue weighted by molar-refractivity contribution is 7.89. The molecule has 5 nitrogen and oxygen atoms in total. The highest BCUT2D eigenvalue weighted by atomic mass is 32.2. The number of thiophene rings is 1. The van der Waals surface area contributed by atoms with Crippen molar-refractivity contribution in [1.29, 1.82) is 0 Å². The van der Waals surface area contributed by atoms with Crippen LogP contribution in [0.1, 0.15) is 21.7 Å². The topological polar surface area (TPSA) is 53.5 Å². The van der Waals surface area contributed by atoms with Crippen LogP contribution in [0.25, 0.3) is 10.6 Å². The predicted octanol–water partition coefficient (Wildman–Crippen LogP) is 4.30. The number of rotatable bonds is 5. The number of nitrogens with zero attached hydrogens (tertiary/aromatic N) is 3. The number of aryl methyl sites for hydroxylation is 3. The van der Waals surface area contributed by atoms with Gasteiger partial charge in [-0.05, 0) is 43.3 Å². The van der Waals surface area contributed by atoms with Crippen molar-refractivity contribution in [2.45, 2.75) is 32.2 Å². The zero-order valence-electron chi connectivity index (χ0n) is 16.9. The van der Waals surface area contributed by atoms with Crippen molar-refractivity contribution >= 4 is 32.7 Å². The Morgan fingerprint density at radius 2 is 1.72 bits per heavy atom. The first-order valence-electron chi connectivity index (χ1n) is 9.63. The van der Waals surface area contributed by atoms with Crippen LogP contribution in [0.5, 0.6) is 0 Å². The summed E-state index contributed by atoms with van der Waals surface area (Å²) >= 11 is 3.37. The molecule has 0 amide bonds. The van der Waals surface area contributed by atoms with Crippen LogP contribution in [0.4, 0.5) is 0 Å². The minimum absolute atomic E-state index is 0.470. The van der Waals surface area contributed by atoms with E-state index < -0.39 is 10.0 Å². The van der Waals surface area contributed by atoms with Crippen molar-refractivity contribution in [3.63, 3.8) is 0 Å². The molecule has 154 valence electrons. The predicted molar refractivity (Wildman–Crippen MR) is 120 cm³/mol. The molecule has 0 radical (unpaired) electrons. The normalized spacial score (nSPS) is 16.4. The Labute approximate surface area is 180 Å². The number of benzene rings is 1. The van der Waals surface area contributed by atoms with Crippen molar-refractivity contribution in [2.24, 2.45) is 0 Å². The third-order valence-electron chi connectivity index (χ3n) is 5.22. The standard InChI is InChI=1S/C21H25N3O2S3/c1-15-11-16(2)21(17(3)12-15)29(25,26)24-8-6-23(7-9-24)13-20-22-18(14-28-20)19-5-4-10-27-19/h4-5,10-12,14H,6-9,13H2,1-3H3. The van der Waals surface area contributed by atoms with Gasteiger partial charge in [0.15, 0.2) is 0 Å². The van der Waals surface area contributed by atoms with Crippen LogP contribution in [-0.2, 0) is 16.6 Å². The lowest BCUT2D eigenvalue weighted by Gasteiger charge is -2.34. The largest absolute Gasteiger partial charge is 0.294 e. The fourth-order valence-corrected chi connectivity index (χ4v) is 7.37. The number of sulfonamides is 1. The average Bonchev–Trinajstić information content (AvgIpc) is 3.32. The molecule has 4 rings (SSSR count). The van der Waals surface area contributed by atoms with Gasteiger partial charge in [0.25, 0.3) is 0 Å². The third kappa shape index (κ3) is 4.32. The first kappa shape index (κ1) is 20.7. The van der Waals surface area contributed by atoms with E-state index in [4.69, 9.17) is 4.98 Å². The van der Waals surface area contributed by atoms with Crippen LogP contribution in [-0.4, -0.2) is 48.8 Å². The van der Waals surface area contributed by atoms with Crippen LogP contribution >= 0.6 is 22.7 Å². The van der Waals surface area contributed by atoms with Crippen molar-refractivity contribution in [3.8, 4) is 10.6 Å². The molecule has 0 aliphatic carbocycles. The van der Waals surface area contributed by atoms with Gasteiger partial charge in [0.2, 0.25) is 10.0 Å². The summed E-state index contributed by atoms with van der Waals surface area (Å²) in [6.07, 6.45) is 0. The zero-order chi connectivity index (χ0) is 20.6. The van der Waals surface area contributed by atoms with Gasteiger partial charge in [-0.25, -0.2) is 13.4 Å². The van der Waals surface area contributed by atoms with Gasteiger partial charge in [0.05, 0.1) is 22.0 Å². The lowest BCUT2D eigenvalue weighted by atomic mass is 10.1. The summed E-state index contributed by atoms with van der Waals surface area (Å²) in [4.78, 5) is 8.70. The van der Waals surface area contributed by atoms with E-state index in [0.29, 0.717) is 18.0 Å². The molecular weight excluding hydrogens is 422 g/mol. The summed E-state index contributed by atoms with van der Waals surface area (Å²) in [6.45, 7) is 9.00. The minimum atomic E-state index is -3.47. The Balaban J connectivity index is 1.42. The number of hydrogen-bond donors (Lipinski definition) is 0. The maximum absolute atomic E-state index is 13.2. The van der Waals surface area contributed by atoms with Crippen molar-refractivity contribution in [3.05, 3.63) is 56.7 Å². The van der Waals surface area contributed by atoms with Gasteiger partial charge < -0.3 is 0 Å². The third-order valence-corrected chi connectivity index (χ3v) is 9.15. The first-order valence-corrected chi connectivity index (χ1v) is 12.8. The molecule has 0 bridgehead atoms. The van der Waals surface area contributed by atoms with E-state index >= 15 is 0 Å². The van der Waals surface area contributed by atoms with Gasteiger partial charge in [0.1, 0.15) is 5.01 Å². The van der Waals surface area contributed by atoms with Gasteiger partial charge in [-0.3, -0.25) is 4.90 Å². The van der Waals surface area contributed by atoms with Gasteiger partial charge >= 0.3 is 0 Å². The Bertz CT molecular complexity index is 1070. The molecule has 3 heterocycles. The summed E-state index contributed by atoms with van der Waals surface area (Å²) in [5.41, 5.74) is 3.78. The average molecular weight is 448 g/mol. The highest BCUT2D eigenvalue weighted by Gasteiger charge is 2.31. The Hall–Kier alpha value is -1.58. The molecule has 0 N–H and O–H groups in total. The van der Waals surface area contributed by atoms with Crippen molar-refractivity contribution in [2.75, 3.05) is 26.2 Å². The quantitative estimate of drug-likeness (QED) is 0.585. The van der Waals surface area contributed by atoms with Crippen LogP contribution in [0.15, 0.2) is 39.9 Å². The summed E-state index contributed by atoms with van der Waals surface area (Å²) in [6, 6.07) is 8.02. The summed E-state index contributed by atoms with van der Waals surface area (Å²) < 4.78 is 28.1. The second kappa shape index (κ2) is 8.28. The molecule has 1 aliphatic rings. The molecule has 3 aromatic rings. The molecular formula is C21H25N3O2S3. The van der Waals surface area contributed by atoms with Gasteiger partial charge in [-0.1, -0.05) is 23.8 Å². The van der Waals surface area contributed by atoms with E-state index in [1.807, 2.05) is 39.0 Å². The number of thiazole rings is 1. The molecule has 0 saturated carbocycles. The van der Waals surface area contributed by atoms with Crippen molar-refractivity contribution in [1.82, 2.24) is 14.2 Å². The molecule has 1 saturated heterocycles. The fraction of sp³-hybridized carbons (Fsp3) is 0.381. The summed E-state index contributed by atoms with van der Waals surface area (Å²) in [5.74, 6) is 0. The van der Waals surface area contributed by atoms with Gasteiger partial charge in [-0.15, -0.1) is 22.7 Å². The Morgan fingerprint density at radius 3 is 2.34 bits per heavy atom. The van der Waals surface area contributed by atoms with E-state index in [-0.39, 0.29) is 0 Å².